The monoisotopic (exact) mass is 267 g/mol. The number of aromatic hydroxyl groups is 1. The normalized spacial score (nSPS) is 10.1. The van der Waals surface area contributed by atoms with Crippen molar-refractivity contribution in [3.8, 4) is 5.75 Å². The van der Waals surface area contributed by atoms with Crippen molar-refractivity contribution in [2.24, 2.45) is 0 Å². The van der Waals surface area contributed by atoms with Crippen molar-refractivity contribution in [2.45, 2.75) is 46.5 Å². The molecule has 4 heteroatoms. The molecule has 0 fully saturated rings. The van der Waals surface area contributed by atoms with Gasteiger partial charge in [0.1, 0.15) is 5.75 Å². The summed E-state index contributed by atoms with van der Waals surface area (Å²) in [7, 11) is 1.35. The number of rotatable bonds is 2. The highest BCUT2D eigenvalue weighted by molar-refractivity contribution is 5.63. The maximum absolute atomic E-state index is 10.1. The Morgan fingerprint density at radius 3 is 1.63 bits per heavy atom. The Morgan fingerprint density at radius 1 is 1.11 bits per heavy atom. The standard InChI is InChI=1S/C13H20O.C2H5NO2/c1-8(2)11-6-10(5)7-12(9(3)4)13(11)14;1-3-2(4)5/h6-9,14H,1-5H3;3H,1H3,(H,4,5). The number of hydrogen-bond donors (Lipinski definition) is 3. The van der Waals surface area contributed by atoms with Crippen LogP contribution in [-0.2, 0) is 0 Å². The van der Waals surface area contributed by atoms with Gasteiger partial charge in [-0.25, -0.2) is 4.79 Å². The van der Waals surface area contributed by atoms with Crippen LogP contribution in [0.25, 0.3) is 0 Å². The van der Waals surface area contributed by atoms with Gasteiger partial charge in [0.15, 0.2) is 0 Å². The Kier molecular flexibility index (Phi) is 6.98. The van der Waals surface area contributed by atoms with Crippen molar-refractivity contribution in [1.29, 1.82) is 0 Å². The lowest BCUT2D eigenvalue weighted by atomic mass is 9.92. The van der Waals surface area contributed by atoms with Crippen LogP contribution in [0.4, 0.5) is 4.79 Å². The molecule has 0 radical (unpaired) electrons. The number of phenols is 1. The molecule has 1 amide bonds. The molecular formula is C15H25NO3. The largest absolute Gasteiger partial charge is 0.507 e. The molecule has 0 unspecified atom stereocenters. The fraction of sp³-hybridized carbons (Fsp3) is 0.533. The van der Waals surface area contributed by atoms with E-state index in [1.54, 1.807) is 0 Å². The van der Waals surface area contributed by atoms with E-state index in [9.17, 15) is 9.90 Å². The third-order valence-corrected chi connectivity index (χ3v) is 2.77. The minimum atomic E-state index is -0.995. The van der Waals surface area contributed by atoms with Crippen LogP contribution in [0.1, 0.15) is 56.2 Å². The van der Waals surface area contributed by atoms with Crippen LogP contribution >= 0.6 is 0 Å². The highest BCUT2D eigenvalue weighted by Crippen LogP contribution is 2.34. The van der Waals surface area contributed by atoms with Crippen molar-refractivity contribution < 1.29 is 15.0 Å². The van der Waals surface area contributed by atoms with Gasteiger partial charge in [0.25, 0.3) is 0 Å². The summed E-state index contributed by atoms with van der Waals surface area (Å²) < 4.78 is 0. The summed E-state index contributed by atoms with van der Waals surface area (Å²) >= 11 is 0. The maximum atomic E-state index is 10.1. The fourth-order valence-electron chi connectivity index (χ4n) is 1.72. The lowest BCUT2D eigenvalue weighted by molar-refractivity contribution is 0.197. The molecule has 0 aliphatic rings. The number of carboxylic acid groups (broad SMARTS) is 1. The Labute approximate surface area is 115 Å². The first kappa shape index (κ1) is 17.3. The van der Waals surface area contributed by atoms with Gasteiger partial charge in [0, 0.05) is 7.05 Å². The molecule has 0 aliphatic heterocycles. The van der Waals surface area contributed by atoms with E-state index in [2.05, 4.69) is 46.8 Å². The van der Waals surface area contributed by atoms with E-state index in [1.807, 2.05) is 5.32 Å². The van der Waals surface area contributed by atoms with Crippen LogP contribution < -0.4 is 5.32 Å². The molecule has 0 bridgehead atoms. The SMILES string of the molecule is CNC(=O)O.Cc1cc(C(C)C)c(O)c(C(C)C)c1. The van der Waals surface area contributed by atoms with Crippen molar-refractivity contribution in [3.05, 3.63) is 28.8 Å². The van der Waals surface area contributed by atoms with Gasteiger partial charge >= 0.3 is 6.09 Å². The fourth-order valence-corrected chi connectivity index (χ4v) is 1.72. The second kappa shape index (κ2) is 7.67. The van der Waals surface area contributed by atoms with Gasteiger partial charge in [-0.1, -0.05) is 45.4 Å². The Balaban J connectivity index is 0.000000555. The van der Waals surface area contributed by atoms with Gasteiger partial charge in [0.05, 0.1) is 0 Å². The van der Waals surface area contributed by atoms with E-state index >= 15 is 0 Å². The van der Waals surface area contributed by atoms with Gasteiger partial charge in [-0.2, -0.15) is 0 Å². The number of phenolic OH excluding ortho intramolecular Hbond substituents is 1. The summed E-state index contributed by atoms with van der Waals surface area (Å²) in [6.07, 6.45) is -0.995. The Bertz CT molecular complexity index is 396. The molecule has 19 heavy (non-hydrogen) atoms. The quantitative estimate of drug-likeness (QED) is 0.762. The number of amides is 1. The zero-order chi connectivity index (χ0) is 15.2. The highest BCUT2D eigenvalue weighted by Gasteiger charge is 2.13. The predicted molar refractivity (Wildman–Crippen MR) is 78.1 cm³/mol. The average Bonchev–Trinajstić information content (AvgIpc) is 2.31. The Morgan fingerprint density at radius 2 is 1.42 bits per heavy atom. The van der Waals surface area contributed by atoms with Gasteiger partial charge in [-0.15, -0.1) is 0 Å². The minimum absolute atomic E-state index is 0.382. The van der Waals surface area contributed by atoms with Crippen LogP contribution in [0.5, 0.6) is 5.75 Å². The Hall–Kier alpha value is -1.71. The number of carbonyl (C=O) groups is 1. The van der Waals surface area contributed by atoms with E-state index in [4.69, 9.17) is 5.11 Å². The second-order valence-electron chi connectivity index (χ2n) is 5.16. The van der Waals surface area contributed by atoms with Crippen LogP contribution in [0, 0.1) is 6.92 Å². The number of aryl methyl sites for hydroxylation is 1. The molecule has 108 valence electrons. The van der Waals surface area contributed by atoms with E-state index in [-0.39, 0.29) is 0 Å². The predicted octanol–water partition coefficient (Wildman–Crippen LogP) is 3.83. The smallest absolute Gasteiger partial charge is 0.404 e. The molecular weight excluding hydrogens is 242 g/mol. The van der Waals surface area contributed by atoms with Crippen LogP contribution in [0.15, 0.2) is 12.1 Å². The molecule has 0 saturated carbocycles. The molecule has 0 aromatic heterocycles. The molecule has 4 nitrogen and oxygen atoms in total. The summed E-state index contributed by atoms with van der Waals surface area (Å²) in [5, 5.41) is 19.6. The summed E-state index contributed by atoms with van der Waals surface area (Å²) in [5.74, 6) is 1.25. The van der Waals surface area contributed by atoms with Crippen LogP contribution in [0.2, 0.25) is 0 Å². The molecule has 3 N–H and O–H groups in total. The van der Waals surface area contributed by atoms with E-state index in [0.29, 0.717) is 17.6 Å². The number of hydrogen-bond acceptors (Lipinski definition) is 2. The first-order valence-electron chi connectivity index (χ1n) is 6.44. The number of benzene rings is 1. The lowest BCUT2D eigenvalue weighted by Gasteiger charge is -2.16. The van der Waals surface area contributed by atoms with E-state index < -0.39 is 6.09 Å². The zero-order valence-corrected chi connectivity index (χ0v) is 12.6. The summed E-state index contributed by atoms with van der Waals surface area (Å²) in [6.45, 7) is 10.5. The molecule has 0 spiro atoms. The third-order valence-electron chi connectivity index (χ3n) is 2.77. The minimum Gasteiger partial charge on any atom is -0.507 e. The molecule has 0 aliphatic carbocycles. The van der Waals surface area contributed by atoms with Gasteiger partial charge in [-0.3, -0.25) is 0 Å². The first-order valence-corrected chi connectivity index (χ1v) is 6.44. The molecule has 1 aromatic carbocycles. The topological polar surface area (TPSA) is 69.6 Å². The van der Waals surface area contributed by atoms with Crippen molar-refractivity contribution in [3.63, 3.8) is 0 Å². The maximum Gasteiger partial charge on any atom is 0.404 e. The molecule has 0 atom stereocenters. The number of nitrogens with one attached hydrogen (secondary N) is 1. The van der Waals surface area contributed by atoms with Crippen molar-refractivity contribution >= 4 is 6.09 Å². The van der Waals surface area contributed by atoms with Crippen LogP contribution in [-0.4, -0.2) is 23.4 Å². The van der Waals surface area contributed by atoms with Gasteiger partial charge in [0.2, 0.25) is 0 Å². The lowest BCUT2D eigenvalue weighted by Crippen LogP contribution is -2.13. The molecule has 1 rings (SSSR count). The zero-order valence-electron chi connectivity index (χ0n) is 12.6. The van der Waals surface area contributed by atoms with Crippen LogP contribution in [0.3, 0.4) is 0 Å². The molecule has 0 heterocycles. The van der Waals surface area contributed by atoms with Gasteiger partial charge < -0.3 is 15.5 Å². The van der Waals surface area contributed by atoms with Crippen molar-refractivity contribution in [1.82, 2.24) is 5.32 Å². The second-order valence-corrected chi connectivity index (χ2v) is 5.16. The molecule has 1 aromatic rings. The van der Waals surface area contributed by atoms with Gasteiger partial charge in [-0.05, 0) is 29.9 Å². The van der Waals surface area contributed by atoms with E-state index in [0.717, 1.165) is 11.1 Å². The van der Waals surface area contributed by atoms with Crippen molar-refractivity contribution in [2.75, 3.05) is 7.05 Å². The third kappa shape index (κ3) is 5.64. The molecule has 0 saturated heterocycles. The summed E-state index contributed by atoms with van der Waals surface area (Å²) in [5.41, 5.74) is 3.36. The summed E-state index contributed by atoms with van der Waals surface area (Å²) in [4.78, 5) is 9.26. The first-order chi connectivity index (χ1) is 8.70. The van der Waals surface area contributed by atoms with E-state index in [1.165, 1.54) is 12.6 Å². The average molecular weight is 267 g/mol. The highest BCUT2D eigenvalue weighted by atomic mass is 16.4. The summed E-state index contributed by atoms with van der Waals surface area (Å²) in [6, 6.07) is 4.15.